The summed E-state index contributed by atoms with van der Waals surface area (Å²) in [6, 6.07) is 8.01. The van der Waals surface area contributed by atoms with E-state index in [0.717, 1.165) is 18.0 Å². The van der Waals surface area contributed by atoms with E-state index in [4.69, 9.17) is 10.5 Å². The average molecular weight is 275 g/mol. The van der Waals surface area contributed by atoms with Gasteiger partial charge in [0.05, 0.1) is 23.4 Å². The molecule has 1 aromatic carbocycles. The van der Waals surface area contributed by atoms with Gasteiger partial charge in [-0.25, -0.2) is 0 Å². The Balaban J connectivity index is 2.01. The van der Waals surface area contributed by atoms with Gasteiger partial charge >= 0.3 is 0 Å². The smallest absolute Gasteiger partial charge is 0.234 e. The predicted molar refractivity (Wildman–Crippen MR) is 77.6 cm³/mol. The van der Waals surface area contributed by atoms with Crippen molar-refractivity contribution in [2.75, 3.05) is 18.1 Å². The summed E-state index contributed by atoms with van der Waals surface area (Å²) in [6.07, 6.45) is 0. The number of nitrogens with two attached hydrogens (primary N) is 1. The Bertz CT molecular complexity index is 544. The first-order valence-corrected chi connectivity index (χ1v) is 7.00. The number of hydrogen-bond donors (Lipinski definition) is 1. The van der Waals surface area contributed by atoms with Crippen LogP contribution in [0.15, 0.2) is 24.3 Å². The molecular weight excluding hydrogens is 254 g/mol. The summed E-state index contributed by atoms with van der Waals surface area (Å²) in [6.45, 7) is 7.56. The number of carbonyl (C=O) groups excluding carboxylic acids is 1. The number of carbonyl (C=O) groups is 1. The van der Waals surface area contributed by atoms with Crippen molar-refractivity contribution in [2.24, 2.45) is 5.73 Å². The highest BCUT2D eigenvalue weighted by molar-refractivity contribution is 5.80. The third kappa shape index (κ3) is 1.77. The van der Waals surface area contributed by atoms with E-state index < -0.39 is 0 Å². The van der Waals surface area contributed by atoms with Gasteiger partial charge in [-0.3, -0.25) is 9.69 Å². The number of benzene rings is 1. The molecule has 0 aliphatic carbocycles. The standard InChI is InChI=1S/C15H21N3O2/c1-10(14(16)19)17-8-11-9-20-13-7-5-4-6-12(13)18(11)15(17,2)3/h4-7,10-11H,8-9H2,1-3H3,(H2,16,19). The van der Waals surface area contributed by atoms with Gasteiger partial charge in [0.25, 0.3) is 0 Å². The second-order valence-electron chi connectivity index (χ2n) is 6.03. The molecule has 0 radical (unpaired) electrons. The van der Waals surface area contributed by atoms with Gasteiger partial charge in [0, 0.05) is 6.54 Å². The number of rotatable bonds is 2. The van der Waals surface area contributed by atoms with E-state index in [1.165, 1.54) is 0 Å². The Morgan fingerprint density at radius 2 is 2.15 bits per heavy atom. The zero-order valence-corrected chi connectivity index (χ0v) is 12.2. The zero-order valence-electron chi connectivity index (χ0n) is 12.2. The largest absolute Gasteiger partial charge is 0.489 e. The van der Waals surface area contributed by atoms with E-state index in [9.17, 15) is 4.79 Å². The van der Waals surface area contributed by atoms with Crippen LogP contribution in [0.1, 0.15) is 20.8 Å². The third-order valence-corrected chi connectivity index (χ3v) is 4.50. The number of anilines is 1. The Kier molecular flexibility index (Phi) is 2.90. The predicted octanol–water partition coefficient (Wildman–Crippen LogP) is 1.18. The quantitative estimate of drug-likeness (QED) is 0.880. The van der Waals surface area contributed by atoms with Gasteiger partial charge in [0.2, 0.25) is 5.91 Å². The Morgan fingerprint density at radius 3 is 2.85 bits per heavy atom. The van der Waals surface area contributed by atoms with Crippen molar-refractivity contribution in [3.63, 3.8) is 0 Å². The maximum atomic E-state index is 11.6. The van der Waals surface area contributed by atoms with Crippen molar-refractivity contribution in [3.05, 3.63) is 24.3 Å². The Labute approximate surface area is 119 Å². The molecule has 5 heteroatoms. The first-order valence-electron chi connectivity index (χ1n) is 7.00. The van der Waals surface area contributed by atoms with Crippen molar-refractivity contribution in [3.8, 4) is 5.75 Å². The van der Waals surface area contributed by atoms with E-state index in [-0.39, 0.29) is 23.7 Å². The van der Waals surface area contributed by atoms with Crippen LogP contribution in [-0.4, -0.2) is 41.7 Å². The molecule has 3 rings (SSSR count). The molecule has 0 saturated carbocycles. The van der Waals surface area contributed by atoms with E-state index in [1.807, 2.05) is 25.1 Å². The molecular formula is C15H21N3O2. The molecule has 2 aliphatic rings. The molecule has 1 saturated heterocycles. The molecule has 1 fully saturated rings. The van der Waals surface area contributed by atoms with Crippen molar-refractivity contribution in [1.29, 1.82) is 0 Å². The summed E-state index contributed by atoms with van der Waals surface area (Å²) >= 11 is 0. The highest BCUT2D eigenvalue weighted by Gasteiger charge is 2.50. The fourth-order valence-electron chi connectivity index (χ4n) is 3.49. The van der Waals surface area contributed by atoms with Crippen LogP contribution in [0.25, 0.3) is 0 Å². The van der Waals surface area contributed by atoms with Crippen LogP contribution in [0.4, 0.5) is 5.69 Å². The van der Waals surface area contributed by atoms with Gasteiger partial charge in [-0.2, -0.15) is 0 Å². The maximum Gasteiger partial charge on any atom is 0.234 e. The summed E-state index contributed by atoms with van der Waals surface area (Å²) in [5.41, 5.74) is 6.32. The summed E-state index contributed by atoms with van der Waals surface area (Å²) in [5.74, 6) is 0.623. The number of para-hydroxylation sites is 2. The van der Waals surface area contributed by atoms with Crippen LogP contribution in [-0.2, 0) is 4.79 Å². The van der Waals surface area contributed by atoms with Crippen LogP contribution in [0.3, 0.4) is 0 Å². The number of amides is 1. The van der Waals surface area contributed by atoms with Crippen LogP contribution in [0.5, 0.6) is 5.75 Å². The molecule has 0 aromatic heterocycles. The van der Waals surface area contributed by atoms with Crippen LogP contribution >= 0.6 is 0 Å². The van der Waals surface area contributed by atoms with E-state index in [2.05, 4.69) is 29.7 Å². The molecule has 0 bridgehead atoms. The third-order valence-electron chi connectivity index (χ3n) is 4.50. The van der Waals surface area contributed by atoms with Gasteiger partial charge in [-0.1, -0.05) is 12.1 Å². The summed E-state index contributed by atoms with van der Waals surface area (Å²) in [7, 11) is 0. The molecule has 2 unspecified atom stereocenters. The molecule has 1 amide bonds. The molecule has 1 aromatic rings. The van der Waals surface area contributed by atoms with Gasteiger partial charge < -0.3 is 15.4 Å². The lowest BCUT2D eigenvalue weighted by Crippen LogP contribution is -2.56. The van der Waals surface area contributed by atoms with E-state index in [1.54, 1.807) is 0 Å². The van der Waals surface area contributed by atoms with E-state index >= 15 is 0 Å². The summed E-state index contributed by atoms with van der Waals surface area (Å²) in [4.78, 5) is 16.1. The van der Waals surface area contributed by atoms with Crippen molar-refractivity contribution in [2.45, 2.75) is 38.5 Å². The van der Waals surface area contributed by atoms with Gasteiger partial charge in [-0.05, 0) is 32.9 Å². The first-order chi connectivity index (χ1) is 9.43. The number of ether oxygens (including phenoxy) is 1. The SMILES string of the molecule is CC(C(N)=O)N1CC2COc3ccccc3N2C1(C)C. The molecule has 2 N–H and O–H groups in total. The average Bonchev–Trinajstić information content (AvgIpc) is 2.69. The van der Waals surface area contributed by atoms with Crippen molar-refractivity contribution in [1.82, 2.24) is 4.90 Å². The lowest BCUT2D eigenvalue weighted by molar-refractivity contribution is -0.123. The fraction of sp³-hybridized carbons (Fsp3) is 0.533. The molecule has 2 atom stereocenters. The number of nitrogens with zero attached hydrogens (tertiary/aromatic N) is 2. The summed E-state index contributed by atoms with van der Waals surface area (Å²) in [5, 5.41) is 0. The lowest BCUT2D eigenvalue weighted by atomic mass is 10.1. The Morgan fingerprint density at radius 1 is 1.45 bits per heavy atom. The van der Waals surface area contributed by atoms with Gasteiger partial charge in [0.15, 0.2) is 0 Å². The van der Waals surface area contributed by atoms with Crippen LogP contribution < -0.4 is 15.4 Å². The maximum absolute atomic E-state index is 11.6. The molecule has 108 valence electrons. The minimum Gasteiger partial charge on any atom is -0.489 e. The normalized spacial score (nSPS) is 25.6. The monoisotopic (exact) mass is 275 g/mol. The fourth-order valence-corrected chi connectivity index (χ4v) is 3.49. The highest BCUT2D eigenvalue weighted by atomic mass is 16.5. The van der Waals surface area contributed by atoms with Crippen molar-refractivity contribution < 1.29 is 9.53 Å². The Hall–Kier alpha value is -1.75. The molecule has 0 spiro atoms. The van der Waals surface area contributed by atoms with Gasteiger partial charge in [0.1, 0.15) is 12.4 Å². The molecule has 20 heavy (non-hydrogen) atoms. The van der Waals surface area contributed by atoms with Crippen LogP contribution in [0.2, 0.25) is 0 Å². The van der Waals surface area contributed by atoms with E-state index in [0.29, 0.717) is 6.61 Å². The topological polar surface area (TPSA) is 58.8 Å². The highest BCUT2D eigenvalue weighted by Crippen LogP contribution is 2.43. The second kappa shape index (κ2) is 4.38. The summed E-state index contributed by atoms with van der Waals surface area (Å²) < 4.78 is 5.83. The lowest BCUT2D eigenvalue weighted by Gasteiger charge is -2.44. The minimum atomic E-state index is -0.289. The zero-order chi connectivity index (χ0) is 14.5. The number of fused-ring (bicyclic) bond motifs is 3. The van der Waals surface area contributed by atoms with Crippen molar-refractivity contribution >= 4 is 11.6 Å². The molecule has 5 nitrogen and oxygen atoms in total. The number of hydrogen-bond acceptors (Lipinski definition) is 4. The van der Waals surface area contributed by atoms with Gasteiger partial charge in [-0.15, -0.1) is 0 Å². The number of primary amides is 1. The first kappa shape index (κ1) is 13.2. The second-order valence-corrected chi connectivity index (χ2v) is 6.03. The molecule has 2 aliphatic heterocycles. The molecule has 2 heterocycles. The van der Waals surface area contributed by atoms with Crippen LogP contribution in [0, 0.1) is 0 Å². The minimum absolute atomic E-state index is 0.252.